The van der Waals surface area contributed by atoms with E-state index in [9.17, 15) is 0 Å². The summed E-state index contributed by atoms with van der Waals surface area (Å²) >= 11 is 0. The molecule has 0 radical (unpaired) electrons. The van der Waals surface area contributed by atoms with Crippen LogP contribution in [0.25, 0.3) is 131 Å². The molecule has 0 amide bonds. The van der Waals surface area contributed by atoms with Gasteiger partial charge in [0.15, 0.2) is 0 Å². The number of hydrogen-bond acceptors (Lipinski definition) is 0. The molecule has 14 rings (SSSR count). The van der Waals surface area contributed by atoms with E-state index in [2.05, 4.69) is 228 Å². The molecule has 0 fully saturated rings. The van der Waals surface area contributed by atoms with Gasteiger partial charge < -0.3 is 9.13 Å². The van der Waals surface area contributed by atoms with Crippen molar-refractivity contribution in [3.63, 3.8) is 0 Å². The first kappa shape index (κ1) is 33.6. The van der Waals surface area contributed by atoms with E-state index in [1.54, 1.807) is 0 Å². The molecule has 2 nitrogen and oxygen atoms in total. The van der Waals surface area contributed by atoms with E-state index in [-0.39, 0.29) is 0 Å². The summed E-state index contributed by atoms with van der Waals surface area (Å²) in [6.45, 7) is 0. The Hall–Kier alpha value is -8.20. The lowest BCUT2D eigenvalue weighted by atomic mass is 9.86. The van der Waals surface area contributed by atoms with E-state index in [0.29, 0.717) is 0 Å². The molecule has 2 heterocycles. The van der Waals surface area contributed by atoms with Crippen LogP contribution in [-0.4, -0.2) is 9.13 Å². The number of para-hydroxylation sites is 4. The molecule has 286 valence electrons. The van der Waals surface area contributed by atoms with Gasteiger partial charge in [-0.15, -0.1) is 0 Å². The third-order valence-electron chi connectivity index (χ3n) is 13.6. The van der Waals surface area contributed by atoms with Gasteiger partial charge in [0.2, 0.25) is 0 Å². The van der Waals surface area contributed by atoms with Crippen molar-refractivity contribution < 1.29 is 0 Å². The largest absolute Gasteiger partial charge is 0.309 e. The molecule has 0 saturated carbocycles. The molecule has 0 unspecified atom stereocenters. The van der Waals surface area contributed by atoms with Gasteiger partial charge in [-0.2, -0.15) is 0 Å². The van der Waals surface area contributed by atoms with E-state index >= 15 is 0 Å². The zero-order valence-electron chi connectivity index (χ0n) is 33.7. The average molecular weight is 785 g/mol. The zero-order chi connectivity index (χ0) is 40.5. The van der Waals surface area contributed by atoms with Gasteiger partial charge in [0.25, 0.3) is 0 Å². The standard InChI is InChI=1S/C60H36N2/c1-3-17-43(18-4-1)61-55-35-41-15-9-7-13-39(41)33-53(55)51-23-11-21-49(59(51)61)45-29-25-37-28-32-48-46(30-26-38-27-31-47(45)57(37)58(38)48)50-22-12-24-52-54-34-40-14-8-10-16-42(40)36-56(54)62(60(50)52)44-19-5-2-6-20-44/h1-36H. The third-order valence-corrected chi connectivity index (χ3v) is 13.6. The molecule has 0 atom stereocenters. The Morgan fingerprint density at radius 1 is 0.226 bits per heavy atom. The number of rotatable bonds is 4. The third kappa shape index (κ3) is 4.64. The first-order chi connectivity index (χ1) is 30.8. The lowest BCUT2D eigenvalue weighted by molar-refractivity contribution is 1.18. The van der Waals surface area contributed by atoms with Gasteiger partial charge in [0.05, 0.1) is 22.1 Å². The zero-order valence-corrected chi connectivity index (χ0v) is 33.7. The van der Waals surface area contributed by atoms with Crippen LogP contribution >= 0.6 is 0 Å². The second-order valence-corrected chi connectivity index (χ2v) is 16.8. The van der Waals surface area contributed by atoms with Crippen molar-refractivity contribution in [3.05, 3.63) is 218 Å². The molecule has 2 aromatic heterocycles. The maximum Gasteiger partial charge on any atom is 0.0619 e. The monoisotopic (exact) mass is 784 g/mol. The molecule has 0 bridgehead atoms. The van der Waals surface area contributed by atoms with E-state index in [4.69, 9.17) is 0 Å². The number of hydrogen-bond donors (Lipinski definition) is 0. The van der Waals surface area contributed by atoms with Crippen molar-refractivity contribution in [1.29, 1.82) is 0 Å². The highest BCUT2D eigenvalue weighted by atomic mass is 15.0. The number of aromatic nitrogens is 2. The highest BCUT2D eigenvalue weighted by Crippen LogP contribution is 2.47. The van der Waals surface area contributed by atoms with Crippen LogP contribution in [0.1, 0.15) is 0 Å². The molecule has 0 saturated heterocycles. The average Bonchev–Trinajstić information content (AvgIpc) is 3.84. The quantitative estimate of drug-likeness (QED) is 0.157. The molecule has 0 aliphatic carbocycles. The van der Waals surface area contributed by atoms with Gasteiger partial charge in [-0.25, -0.2) is 0 Å². The van der Waals surface area contributed by atoms with Crippen LogP contribution in [-0.2, 0) is 0 Å². The molecule has 0 spiro atoms. The molecule has 12 aromatic carbocycles. The van der Waals surface area contributed by atoms with Gasteiger partial charge in [-0.1, -0.05) is 170 Å². The van der Waals surface area contributed by atoms with Crippen molar-refractivity contribution in [1.82, 2.24) is 9.13 Å². The number of fused-ring (bicyclic) bond motifs is 8. The molecule has 0 aliphatic rings. The van der Waals surface area contributed by atoms with Crippen LogP contribution in [0.2, 0.25) is 0 Å². The van der Waals surface area contributed by atoms with E-state index < -0.39 is 0 Å². The predicted octanol–water partition coefficient (Wildman–Crippen LogP) is 16.4. The van der Waals surface area contributed by atoms with Crippen molar-refractivity contribution in [2.24, 2.45) is 0 Å². The Morgan fingerprint density at radius 3 is 1.05 bits per heavy atom. The van der Waals surface area contributed by atoms with Gasteiger partial charge in [-0.05, 0) is 114 Å². The second kappa shape index (κ2) is 12.7. The van der Waals surface area contributed by atoms with Crippen LogP contribution in [0.5, 0.6) is 0 Å². The van der Waals surface area contributed by atoms with E-state index in [1.165, 1.54) is 120 Å². The predicted molar refractivity (Wildman–Crippen MR) is 265 cm³/mol. The van der Waals surface area contributed by atoms with Crippen molar-refractivity contribution in [3.8, 4) is 33.6 Å². The second-order valence-electron chi connectivity index (χ2n) is 16.8. The van der Waals surface area contributed by atoms with Crippen LogP contribution in [0, 0.1) is 0 Å². The Kier molecular flexibility index (Phi) is 6.86. The lowest BCUT2D eigenvalue weighted by Crippen LogP contribution is -1.96. The van der Waals surface area contributed by atoms with Crippen molar-refractivity contribution in [2.75, 3.05) is 0 Å². The molecule has 2 heteroatoms. The fraction of sp³-hybridized carbons (Fsp3) is 0. The lowest BCUT2D eigenvalue weighted by Gasteiger charge is -2.18. The maximum atomic E-state index is 2.48. The summed E-state index contributed by atoms with van der Waals surface area (Å²) < 4.78 is 4.97. The molecular formula is C60H36N2. The highest BCUT2D eigenvalue weighted by Gasteiger charge is 2.22. The SMILES string of the molecule is c1ccc(-n2c3cc4ccccc4cc3c3cccc(-c4ccc5ccc6c(-c7cccc8c9cc%10ccccc%10cc9n(-c9ccccc9)c78)ccc7ccc4c5c76)c32)cc1. The van der Waals surface area contributed by atoms with Crippen molar-refractivity contribution >= 4 is 97.5 Å². The normalized spacial score (nSPS) is 12.2. The van der Waals surface area contributed by atoms with Gasteiger partial charge in [0.1, 0.15) is 0 Å². The molecule has 0 aliphatic heterocycles. The fourth-order valence-electron chi connectivity index (χ4n) is 10.9. The molecule has 14 aromatic rings. The minimum Gasteiger partial charge on any atom is -0.309 e. The highest BCUT2D eigenvalue weighted by molar-refractivity contribution is 6.30. The summed E-state index contributed by atoms with van der Waals surface area (Å²) in [5.74, 6) is 0. The van der Waals surface area contributed by atoms with E-state index in [0.717, 1.165) is 11.4 Å². The number of benzene rings is 12. The summed E-state index contributed by atoms with van der Waals surface area (Å²) in [6, 6.07) is 81.2. The first-order valence-electron chi connectivity index (χ1n) is 21.5. The summed E-state index contributed by atoms with van der Waals surface area (Å²) in [4.78, 5) is 0. The molecular weight excluding hydrogens is 749 g/mol. The van der Waals surface area contributed by atoms with Crippen LogP contribution < -0.4 is 0 Å². The number of nitrogens with zero attached hydrogens (tertiary/aromatic N) is 2. The Labute approximate surface area is 357 Å². The van der Waals surface area contributed by atoms with Gasteiger partial charge in [-0.3, -0.25) is 0 Å². The summed E-state index contributed by atoms with van der Waals surface area (Å²) in [5.41, 5.74) is 12.2. The smallest absolute Gasteiger partial charge is 0.0619 e. The van der Waals surface area contributed by atoms with E-state index in [1.807, 2.05) is 0 Å². The Morgan fingerprint density at radius 2 is 0.613 bits per heavy atom. The van der Waals surface area contributed by atoms with Gasteiger partial charge >= 0.3 is 0 Å². The Bertz CT molecular complexity index is 3860. The van der Waals surface area contributed by atoms with Gasteiger partial charge in [0, 0.05) is 44.0 Å². The van der Waals surface area contributed by atoms with Crippen LogP contribution in [0.4, 0.5) is 0 Å². The minimum absolute atomic E-state index is 1.16. The minimum atomic E-state index is 1.16. The fourth-order valence-corrected chi connectivity index (χ4v) is 10.9. The van der Waals surface area contributed by atoms with Crippen LogP contribution in [0.15, 0.2) is 218 Å². The topological polar surface area (TPSA) is 9.86 Å². The summed E-state index contributed by atoms with van der Waals surface area (Å²) in [6.07, 6.45) is 0. The summed E-state index contributed by atoms with van der Waals surface area (Å²) in [7, 11) is 0. The van der Waals surface area contributed by atoms with Crippen LogP contribution in [0.3, 0.4) is 0 Å². The maximum absolute atomic E-state index is 2.48. The first-order valence-corrected chi connectivity index (χ1v) is 21.5. The Balaban J connectivity index is 1.06. The molecule has 0 N–H and O–H groups in total. The van der Waals surface area contributed by atoms with Crippen molar-refractivity contribution in [2.45, 2.75) is 0 Å². The summed E-state index contributed by atoms with van der Waals surface area (Å²) in [5, 5.41) is 17.7. The molecule has 62 heavy (non-hydrogen) atoms.